The molecule has 0 spiro atoms. The summed E-state index contributed by atoms with van der Waals surface area (Å²) in [5.74, 6) is -0.853. The Bertz CT molecular complexity index is 1330. The molecule has 0 amide bonds. The molecular formula is C31H23ClO3. The zero-order valence-corrected chi connectivity index (χ0v) is 19.9. The first kappa shape index (κ1) is 23.9. The quantitative estimate of drug-likeness (QED) is 0.217. The highest BCUT2D eigenvalue weighted by Crippen LogP contribution is 2.37. The van der Waals surface area contributed by atoms with Crippen LogP contribution in [0.5, 0.6) is 5.75 Å². The maximum Gasteiger partial charge on any atom is 0.190 e. The molecular weight excluding hydrogens is 456 g/mol. The number of ketones is 2. The van der Waals surface area contributed by atoms with Crippen LogP contribution in [0.3, 0.4) is 0 Å². The van der Waals surface area contributed by atoms with Crippen molar-refractivity contribution in [2.24, 2.45) is 0 Å². The molecule has 0 aliphatic heterocycles. The van der Waals surface area contributed by atoms with Crippen molar-refractivity contribution in [1.29, 1.82) is 0 Å². The number of halogens is 1. The summed E-state index contributed by atoms with van der Waals surface area (Å²) >= 11 is 6.10. The number of hydrogen-bond donors (Lipinski definition) is 1. The van der Waals surface area contributed by atoms with E-state index in [1.54, 1.807) is 43.3 Å². The predicted molar refractivity (Wildman–Crippen MR) is 143 cm³/mol. The second kappa shape index (κ2) is 10.8. The highest BCUT2D eigenvalue weighted by atomic mass is 35.5. The summed E-state index contributed by atoms with van der Waals surface area (Å²) in [5.41, 5.74) is 3.72. The van der Waals surface area contributed by atoms with E-state index in [0.29, 0.717) is 27.3 Å². The molecule has 4 rings (SSSR count). The number of phenolic OH excluding ortho intramolecular Hbond substituents is 1. The lowest BCUT2D eigenvalue weighted by atomic mass is 9.86. The second-order valence-electron chi connectivity index (χ2n) is 8.06. The largest absolute Gasteiger partial charge is 0.507 e. The number of aromatic hydroxyl groups is 1. The van der Waals surface area contributed by atoms with Gasteiger partial charge in [0.15, 0.2) is 11.6 Å². The van der Waals surface area contributed by atoms with E-state index in [9.17, 15) is 14.7 Å². The predicted octanol–water partition coefficient (Wildman–Crippen LogP) is 7.81. The SMILES string of the molecule is Cc1cc(O)c(C(=O)/C=C/c2ccccc2)c(-c2ccc(Cl)cc2)c1C(=O)/C=C/c1ccccc1. The lowest BCUT2D eigenvalue weighted by Crippen LogP contribution is -2.08. The van der Waals surface area contributed by atoms with Gasteiger partial charge in [0.2, 0.25) is 0 Å². The van der Waals surface area contributed by atoms with Crippen LogP contribution >= 0.6 is 11.6 Å². The molecule has 0 aliphatic carbocycles. The van der Waals surface area contributed by atoms with E-state index < -0.39 is 5.78 Å². The van der Waals surface area contributed by atoms with Crippen LogP contribution in [0.4, 0.5) is 0 Å². The number of phenols is 1. The lowest BCUT2D eigenvalue weighted by molar-refractivity contribution is 0.104. The third-order valence-electron chi connectivity index (χ3n) is 5.58. The van der Waals surface area contributed by atoms with Crippen molar-refractivity contribution in [2.45, 2.75) is 6.92 Å². The Morgan fingerprint density at radius 2 is 1.20 bits per heavy atom. The minimum atomic E-state index is -0.405. The molecule has 0 heterocycles. The van der Waals surface area contributed by atoms with Crippen molar-refractivity contribution in [3.05, 3.63) is 136 Å². The smallest absolute Gasteiger partial charge is 0.190 e. The third kappa shape index (κ3) is 5.65. The second-order valence-corrected chi connectivity index (χ2v) is 8.50. The van der Waals surface area contributed by atoms with Gasteiger partial charge in [0, 0.05) is 16.1 Å². The Labute approximate surface area is 209 Å². The van der Waals surface area contributed by atoms with Crippen LogP contribution in [0.1, 0.15) is 37.4 Å². The van der Waals surface area contributed by atoms with Gasteiger partial charge in [-0.15, -0.1) is 0 Å². The lowest BCUT2D eigenvalue weighted by Gasteiger charge is -2.17. The molecule has 4 aromatic rings. The Balaban J connectivity index is 1.86. The molecule has 0 unspecified atom stereocenters. The van der Waals surface area contributed by atoms with Gasteiger partial charge in [-0.05, 0) is 59.5 Å². The maximum absolute atomic E-state index is 13.4. The molecule has 0 aliphatic rings. The Morgan fingerprint density at radius 3 is 1.71 bits per heavy atom. The van der Waals surface area contributed by atoms with Gasteiger partial charge in [0.1, 0.15) is 5.75 Å². The standard InChI is InChI=1S/C31H23ClO3/c1-21-20-28(35)31(27(34)19-13-23-10-6-3-7-11-23)30(24-14-16-25(32)17-15-24)29(21)26(33)18-12-22-8-4-2-5-9-22/h2-20,35H,1H3/b18-12+,19-13+. The van der Waals surface area contributed by atoms with Gasteiger partial charge in [0.05, 0.1) is 5.56 Å². The Hall–Kier alpha value is -4.21. The molecule has 0 fully saturated rings. The molecule has 3 nitrogen and oxygen atoms in total. The number of allylic oxidation sites excluding steroid dienone is 2. The van der Waals surface area contributed by atoms with Gasteiger partial charge >= 0.3 is 0 Å². The number of hydrogen-bond acceptors (Lipinski definition) is 3. The Morgan fingerprint density at radius 1 is 0.714 bits per heavy atom. The van der Waals surface area contributed by atoms with Crippen molar-refractivity contribution < 1.29 is 14.7 Å². The van der Waals surface area contributed by atoms with Gasteiger partial charge in [-0.1, -0.05) is 96.5 Å². The van der Waals surface area contributed by atoms with E-state index in [1.165, 1.54) is 18.2 Å². The molecule has 0 saturated carbocycles. The van der Waals surface area contributed by atoms with E-state index in [0.717, 1.165) is 11.1 Å². The minimum Gasteiger partial charge on any atom is -0.507 e. The van der Waals surface area contributed by atoms with Crippen molar-refractivity contribution in [1.82, 2.24) is 0 Å². The summed E-state index contributed by atoms with van der Waals surface area (Å²) < 4.78 is 0. The van der Waals surface area contributed by atoms with Gasteiger partial charge in [-0.2, -0.15) is 0 Å². The molecule has 1 N–H and O–H groups in total. The molecule has 172 valence electrons. The highest BCUT2D eigenvalue weighted by Gasteiger charge is 2.24. The van der Waals surface area contributed by atoms with Crippen LogP contribution in [-0.4, -0.2) is 16.7 Å². The number of carbonyl (C=O) groups is 2. The summed E-state index contributed by atoms with van der Waals surface area (Å²) in [6.07, 6.45) is 6.32. The van der Waals surface area contributed by atoms with Crippen molar-refractivity contribution >= 4 is 35.3 Å². The molecule has 35 heavy (non-hydrogen) atoms. The fourth-order valence-corrected chi connectivity index (χ4v) is 4.04. The van der Waals surface area contributed by atoms with Crippen molar-refractivity contribution in [3.63, 3.8) is 0 Å². The fourth-order valence-electron chi connectivity index (χ4n) is 3.91. The molecule has 4 aromatic carbocycles. The number of benzene rings is 4. The molecule has 0 bridgehead atoms. The summed E-state index contributed by atoms with van der Waals surface area (Å²) in [5, 5.41) is 11.4. The molecule has 0 aromatic heterocycles. The summed E-state index contributed by atoms with van der Waals surface area (Å²) in [6.45, 7) is 1.75. The van der Waals surface area contributed by atoms with Crippen LogP contribution in [0.15, 0.2) is 103 Å². The van der Waals surface area contributed by atoms with Crippen LogP contribution in [0.25, 0.3) is 23.3 Å². The zero-order valence-electron chi connectivity index (χ0n) is 19.1. The van der Waals surface area contributed by atoms with Gasteiger partial charge < -0.3 is 5.11 Å². The highest BCUT2D eigenvalue weighted by molar-refractivity contribution is 6.30. The first-order valence-corrected chi connectivity index (χ1v) is 11.5. The number of rotatable bonds is 7. The zero-order chi connectivity index (χ0) is 24.8. The van der Waals surface area contributed by atoms with E-state index in [-0.39, 0.29) is 17.1 Å². The van der Waals surface area contributed by atoms with Crippen molar-refractivity contribution in [2.75, 3.05) is 0 Å². The van der Waals surface area contributed by atoms with Gasteiger partial charge in [-0.3, -0.25) is 9.59 Å². The molecule has 0 radical (unpaired) electrons. The number of aryl methyl sites for hydroxylation is 1. The van der Waals surface area contributed by atoms with Crippen LogP contribution in [0, 0.1) is 6.92 Å². The van der Waals surface area contributed by atoms with Crippen LogP contribution in [-0.2, 0) is 0 Å². The summed E-state index contributed by atoms with van der Waals surface area (Å²) in [7, 11) is 0. The van der Waals surface area contributed by atoms with Gasteiger partial charge in [0.25, 0.3) is 0 Å². The van der Waals surface area contributed by atoms with Gasteiger partial charge in [-0.25, -0.2) is 0 Å². The topological polar surface area (TPSA) is 54.4 Å². The van der Waals surface area contributed by atoms with E-state index >= 15 is 0 Å². The van der Waals surface area contributed by atoms with E-state index in [2.05, 4.69) is 0 Å². The minimum absolute atomic E-state index is 0.0709. The van der Waals surface area contributed by atoms with Crippen LogP contribution < -0.4 is 0 Å². The first-order valence-electron chi connectivity index (χ1n) is 11.1. The molecule has 0 atom stereocenters. The van der Waals surface area contributed by atoms with E-state index in [4.69, 9.17) is 11.6 Å². The fraction of sp³-hybridized carbons (Fsp3) is 0.0323. The normalized spacial score (nSPS) is 11.3. The molecule has 0 saturated heterocycles. The summed E-state index contributed by atoms with van der Waals surface area (Å²) in [6, 6.07) is 27.2. The monoisotopic (exact) mass is 478 g/mol. The Kier molecular flexibility index (Phi) is 7.39. The molecule has 4 heteroatoms. The average molecular weight is 479 g/mol. The average Bonchev–Trinajstić information content (AvgIpc) is 2.87. The van der Waals surface area contributed by atoms with Crippen molar-refractivity contribution in [3.8, 4) is 16.9 Å². The number of carbonyl (C=O) groups excluding carboxylic acids is 2. The van der Waals surface area contributed by atoms with Crippen LogP contribution in [0.2, 0.25) is 5.02 Å². The maximum atomic E-state index is 13.4. The van der Waals surface area contributed by atoms with E-state index in [1.807, 2.05) is 60.7 Å². The summed E-state index contributed by atoms with van der Waals surface area (Å²) in [4.78, 5) is 26.8. The third-order valence-corrected chi connectivity index (χ3v) is 5.83. The first-order chi connectivity index (χ1) is 16.9.